The Labute approximate surface area is 158 Å². The lowest BCUT2D eigenvalue weighted by Crippen LogP contribution is -2.17. The third kappa shape index (κ3) is 5.93. The maximum Gasteiger partial charge on any atom is 0.338 e. The predicted molar refractivity (Wildman–Crippen MR) is 106 cm³/mol. The molecule has 0 amide bonds. The summed E-state index contributed by atoms with van der Waals surface area (Å²) in [5.74, 6) is -0.604. The van der Waals surface area contributed by atoms with Crippen molar-refractivity contribution in [3.63, 3.8) is 0 Å². The van der Waals surface area contributed by atoms with Gasteiger partial charge in [0.1, 0.15) is 11.9 Å². The highest BCUT2D eigenvalue weighted by Crippen LogP contribution is 2.14. The molecule has 3 heteroatoms. The third-order valence-electron chi connectivity index (χ3n) is 4.20. The molecule has 27 heavy (non-hydrogen) atoms. The summed E-state index contributed by atoms with van der Waals surface area (Å²) in [6.45, 7) is 0. The first kappa shape index (κ1) is 18.6. The van der Waals surface area contributed by atoms with Crippen LogP contribution in [0.3, 0.4) is 0 Å². The van der Waals surface area contributed by atoms with Gasteiger partial charge in [0.15, 0.2) is 0 Å². The first-order chi connectivity index (χ1) is 13.2. The molecule has 0 spiro atoms. The van der Waals surface area contributed by atoms with Crippen molar-refractivity contribution in [3.05, 3.63) is 114 Å². The van der Waals surface area contributed by atoms with Crippen molar-refractivity contribution in [1.29, 1.82) is 0 Å². The van der Waals surface area contributed by atoms with E-state index in [1.165, 1.54) is 12.1 Å². The van der Waals surface area contributed by atoms with Crippen molar-refractivity contribution in [2.45, 2.75) is 18.9 Å². The van der Waals surface area contributed by atoms with E-state index in [0.717, 1.165) is 11.1 Å². The van der Waals surface area contributed by atoms with Gasteiger partial charge in [0, 0.05) is 0 Å². The Morgan fingerprint density at radius 3 is 2.19 bits per heavy atom. The fourth-order valence-electron chi connectivity index (χ4n) is 2.72. The lowest BCUT2D eigenvalue weighted by molar-refractivity contribution is 0.0382. The van der Waals surface area contributed by atoms with E-state index in [2.05, 4.69) is 0 Å². The average Bonchev–Trinajstić information content (AvgIpc) is 2.72. The van der Waals surface area contributed by atoms with Gasteiger partial charge in [-0.2, -0.15) is 0 Å². The maximum atomic E-state index is 13.1. The molecule has 0 heterocycles. The van der Waals surface area contributed by atoms with E-state index < -0.39 is 0 Å². The molecule has 3 aromatic carbocycles. The van der Waals surface area contributed by atoms with E-state index in [1.807, 2.05) is 60.7 Å². The van der Waals surface area contributed by atoms with Crippen LogP contribution in [-0.2, 0) is 11.2 Å². The second-order valence-electron chi connectivity index (χ2n) is 6.24. The van der Waals surface area contributed by atoms with Crippen LogP contribution >= 0.6 is 0 Å². The van der Waals surface area contributed by atoms with Crippen molar-refractivity contribution < 1.29 is 13.9 Å². The summed E-state index contributed by atoms with van der Waals surface area (Å²) >= 11 is 0. The molecule has 0 fully saturated rings. The number of rotatable bonds is 7. The monoisotopic (exact) mass is 360 g/mol. The van der Waals surface area contributed by atoms with Crippen molar-refractivity contribution in [3.8, 4) is 0 Å². The van der Waals surface area contributed by atoms with E-state index in [-0.39, 0.29) is 17.9 Å². The minimum absolute atomic E-state index is 0.255. The van der Waals surface area contributed by atoms with Crippen molar-refractivity contribution >= 4 is 12.0 Å². The van der Waals surface area contributed by atoms with E-state index in [4.69, 9.17) is 4.74 Å². The smallest absolute Gasteiger partial charge is 0.338 e. The van der Waals surface area contributed by atoms with E-state index in [1.54, 1.807) is 24.3 Å². The normalized spacial score (nSPS) is 12.0. The van der Waals surface area contributed by atoms with Crippen LogP contribution < -0.4 is 0 Å². The Balaban J connectivity index is 1.70. The largest absolute Gasteiger partial charge is 0.455 e. The molecule has 0 saturated heterocycles. The molecule has 0 aliphatic rings. The quantitative estimate of drug-likeness (QED) is 0.505. The highest BCUT2D eigenvalue weighted by molar-refractivity contribution is 5.89. The highest BCUT2D eigenvalue weighted by atomic mass is 19.1. The fraction of sp³-hybridized carbons (Fsp3) is 0.125. The molecule has 136 valence electrons. The minimum atomic E-state index is -0.372. The molecule has 0 unspecified atom stereocenters. The summed E-state index contributed by atoms with van der Waals surface area (Å²) in [4.78, 5) is 12.4. The molecule has 0 saturated carbocycles. The summed E-state index contributed by atoms with van der Waals surface area (Å²) in [6, 6.07) is 25.2. The molecule has 0 N–H and O–H groups in total. The Kier molecular flexibility index (Phi) is 6.53. The first-order valence-corrected chi connectivity index (χ1v) is 8.94. The minimum Gasteiger partial charge on any atom is -0.455 e. The molecule has 0 bridgehead atoms. The van der Waals surface area contributed by atoms with Gasteiger partial charge in [-0.25, -0.2) is 9.18 Å². The molecule has 0 radical (unpaired) electrons. The van der Waals surface area contributed by atoms with Gasteiger partial charge in [-0.15, -0.1) is 0 Å². The lowest BCUT2D eigenvalue weighted by atomic mass is 10.1. The lowest BCUT2D eigenvalue weighted by Gasteiger charge is -2.15. The Morgan fingerprint density at radius 1 is 0.889 bits per heavy atom. The summed E-state index contributed by atoms with van der Waals surface area (Å²) in [5, 5.41) is 0. The first-order valence-electron chi connectivity index (χ1n) is 8.94. The van der Waals surface area contributed by atoms with Crippen LogP contribution in [0.15, 0.2) is 91.0 Å². The van der Waals surface area contributed by atoms with Gasteiger partial charge >= 0.3 is 5.97 Å². The van der Waals surface area contributed by atoms with Gasteiger partial charge < -0.3 is 4.74 Å². The molecule has 0 aliphatic carbocycles. The van der Waals surface area contributed by atoms with Crippen LogP contribution in [0.5, 0.6) is 0 Å². The fourth-order valence-corrected chi connectivity index (χ4v) is 2.72. The van der Waals surface area contributed by atoms with E-state index >= 15 is 0 Å². The van der Waals surface area contributed by atoms with Gasteiger partial charge in [-0.3, -0.25) is 0 Å². The van der Waals surface area contributed by atoms with Gasteiger partial charge in [-0.1, -0.05) is 66.7 Å². The topological polar surface area (TPSA) is 26.3 Å². The third-order valence-corrected chi connectivity index (χ3v) is 4.20. The summed E-state index contributed by atoms with van der Waals surface area (Å²) in [5.41, 5.74) is 2.57. The number of carbonyl (C=O) groups is 1. The second kappa shape index (κ2) is 9.48. The van der Waals surface area contributed by atoms with E-state index in [9.17, 15) is 9.18 Å². The second-order valence-corrected chi connectivity index (χ2v) is 6.24. The summed E-state index contributed by atoms with van der Waals surface area (Å²) in [6.07, 6.45) is 4.79. The number of hydrogen-bond acceptors (Lipinski definition) is 2. The van der Waals surface area contributed by atoms with Crippen molar-refractivity contribution in [2.75, 3.05) is 0 Å². The van der Waals surface area contributed by atoms with Gasteiger partial charge in [0.2, 0.25) is 0 Å². The van der Waals surface area contributed by atoms with E-state index in [0.29, 0.717) is 18.4 Å². The van der Waals surface area contributed by atoms with Gasteiger partial charge in [-0.05, 0) is 54.3 Å². The predicted octanol–water partition coefficient (Wildman–Crippen LogP) is 5.70. The van der Waals surface area contributed by atoms with Crippen LogP contribution in [0.25, 0.3) is 6.08 Å². The number of ether oxygens (including phenoxy) is 1. The van der Waals surface area contributed by atoms with Crippen LogP contribution in [0.1, 0.15) is 27.9 Å². The zero-order valence-electron chi connectivity index (χ0n) is 14.9. The van der Waals surface area contributed by atoms with Crippen molar-refractivity contribution in [1.82, 2.24) is 0 Å². The molecule has 2 nitrogen and oxygen atoms in total. The molecular formula is C24H21FO2. The molecule has 3 aromatic rings. The van der Waals surface area contributed by atoms with Crippen LogP contribution in [0.2, 0.25) is 0 Å². The highest BCUT2D eigenvalue weighted by Gasteiger charge is 2.13. The molecule has 0 aliphatic heterocycles. The average molecular weight is 360 g/mol. The number of hydrogen-bond donors (Lipinski definition) is 0. The van der Waals surface area contributed by atoms with Crippen LogP contribution in [0, 0.1) is 5.82 Å². The number of esters is 1. The van der Waals surface area contributed by atoms with Gasteiger partial charge in [0.05, 0.1) is 5.56 Å². The maximum absolute atomic E-state index is 13.1. The molecule has 1 atom stereocenters. The Morgan fingerprint density at radius 2 is 1.52 bits per heavy atom. The molecule has 3 rings (SSSR count). The number of halogens is 1. The van der Waals surface area contributed by atoms with Crippen LogP contribution in [0.4, 0.5) is 4.39 Å². The number of aryl methyl sites for hydroxylation is 1. The molecule has 0 aromatic heterocycles. The van der Waals surface area contributed by atoms with Gasteiger partial charge in [0.25, 0.3) is 0 Å². The number of benzene rings is 3. The zero-order chi connectivity index (χ0) is 18.9. The Hall–Kier alpha value is -3.20. The summed E-state index contributed by atoms with van der Waals surface area (Å²) < 4.78 is 18.8. The number of carbonyl (C=O) groups excluding carboxylic acids is 1. The standard InChI is InChI=1S/C24H21FO2/c25-22-15-11-20(12-16-22)14-18-23(17-13-19-7-3-1-4-8-19)27-24(26)21-9-5-2-6-10-21/h1-13,15-17,23H,14,18H2/b17-13+/t23-/m0/s1. The SMILES string of the molecule is O=C(O[C@@H](/C=C/c1ccccc1)CCc1ccc(F)cc1)c1ccccc1. The zero-order valence-corrected chi connectivity index (χ0v) is 14.9. The molecular weight excluding hydrogens is 339 g/mol. The summed E-state index contributed by atoms with van der Waals surface area (Å²) in [7, 11) is 0. The van der Waals surface area contributed by atoms with Crippen LogP contribution in [-0.4, -0.2) is 12.1 Å². The van der Waals surface area contributed by atoms with Crippen molar-refractivity contribution in [2.24, 2.45) is 0 Å². The Bertz CT molecular complexity index is 871.